The molecule has 0 aliphatic carbocycles. The van der Waals surface area contributed by atoms with Gasteiger partial charge in [0.1, 0.15) is 6.04 Å². The van der Waals surface area contributed by atoms with Crippen molar-refractivity contribution in [2.75, 3.05) is 60.9 Å². The molecule has 0 spiro atoms. The number of nitrogens with zero attached hydrogens (tertiary/aromatic N) is 7. The van der Waals surface area contributed by atoms with Gasteiger partial charge in [0.15, 0.2) is 11.5 Å². The van der Waals surface area contributed by atoms with E-state index in [0.717, 1.165) is 68.3 Å². The Morgan fingerprint density at radius 2 is 1.62 bits per heavy atom. The maximum Gasteiger partial charge on any atom is 0.273 e. The molecule has 5 aliphatic heterocycles. The summed E-state index contributed by atoms with van der Waals surface area (Å²) in [5, 5.41) is 23.4. The van der Waals surface area contributed by atoms with E-state index in [1.54, 1.807) is 12.1 Å². The summed E-state index contributed by atoms with van der Waals surface area (Å²) in [6.07, 6.45) is 3.50. The molecule has 1 aromatic heterocycles. The number of likely N-dealkylation sites (tertiary alicyclic amines) is 1. The Morgan fingerprint density at radius 1 is 0.868 bits per heavy atom. The van der Waals surface area contributed by atoms with Crippen LogP contribution in [0.3, 0.4) is 0 Å². The van der Waals surface area contributed by atoms with Crippen LogP contribution in [0.25, 0.3) is 0 Å². The summed E-state index contributed by atoms with van der Waals surface area (Å²) in [5.74, 6) is -1.25. The number of carbonyl (C=O) groups is 5. The van der Waals surface area contributed by atoms with Gasteiger partial charge in [-0.15, -0.1) is 10.2 Å². The van der Waals surface area contributed by atoms with E-state index in [0.29, 0.717) is 48.4 Å². The zero-order valence-corrected chi connectivity index (χ0v) is 29.2. The summed E-state index contributed by atoms with van der Waals surface area (Å²) in [7, 11) is 0. The second-order valence-corrected chi connectivity index (χ2v) is 14.7. The van der Waals surface area contributed by atoms with Crippen LogP contribution < -0.4 is 26.2 Å². The topological polar surface area (TPSA) is 207 Å². The summed E-state index contributed by atoms with van der Waals surface area (Å²) >= 11 is 0. The van der Waals surface area contributed by atoms with Gasteiger partial charge in [-0.2, -0.15) is 4.98 Å². The quantitative estimate of drug-likeness (QED) is 0.231. The van der Waals surface area contributed by atoms with Crippen LogP contribution in [0.15, 0.2) is 42.5 Å². The van der Waals surface area contributed by atoms with Crippen molar-refractivity contribution in [2.45, 2.75) is 56.6 Å². The lowest BCUT2D eigenvalue weighted by Gasteiger charge is -2.34. The zero-order valence-electron chi connectivity index (χ0n) is 29.2. The molecular formula is C37H42N10O6. The molecule has 0 bridgehead atoms. The molecule has 3 unspecified atom stereocenters. The van der Waals surface area contributed by atoms with Gasteiger partial charge in [-0.25, -0.2) is 0 Å². The first-order valence-corrected chi connectivity index (χ1v) is 18.3. The Bertz CT molecular complexity index is 1970. The van der Waals surface area contributed by atoms with Gasteiger partial charge in [0, 0.05) is 50.5 Å². The first-order chi connectivity index (χ1) is 25.6. The Kier molecular flexibility index (Phi) is 9.24. The molecule has 6 heterocycles. The average Bonchev–Trinajstić information content (AvgIpc) is 3.87. The molecule has 3 atom stereocenters. The molecule has 3 aromatic rings. The third kappa shape index (κ3) is 6.91. The molecule has 5 amide bonds. The summed E-state index contributed by atoms with van der Waals surface area (Å²) in [4.78, 5) is 74.7. The van der Waals surface area contributed by atoms with Gasteiger partial charge in [0.25, 0.3) is 17.7 Å². The lowest BCUT2D eigenvalue weighted by molar-refractivity contribution is -0.136. The molecular weight excluding hydrogens is 680 g/mol. The van der Waals surface area contributed by atoms with E-state index in [4.69, 9.17) is 5.73 Å². The number of nitrogens with one attached hydrogen (secondary N) is 2. The fourth-order valence-corrected chi connectivity index (χ4v) is 8.29. The number of carbonyl (C=O) groups excluding carboxylic acids is 5. The Balaban J connectivity index is 0.835. The van der Waals surface area contributed by atoms with E-state index < -0.39 is 41.7 Å². The third-order valence-electron chi connectivity index (χ3n) is 11.2. The van der Waals surface area contributed by atoms with Crippen molar-refractivity contribution in [3.8, 4) is 0 Å². The SMILES string of the molecule is NC(=O)c1nnc(N2CCC(O)C2)nc1Nc1ccc(C2CCN(CC3CCN(c4ccc5c(c4)C(=O)N(C4CCC(=O)NC4=O)C5=O)C3)CC2)cc1. The van der Waals surface area contributed by atoms with Crippen LogP contribution in [0.2, 0.25) is 0 Å². The van der Waals surface area contributed by atoms with Crippen molar-refractivity contribution in [3.05, 3.63) is 64.8 Å². The number of fused-ring (bicyclic) bond motifs is 1. The van der Waals surface area contributed by atoms with Gasteiger partial charge >= 0.3 is 0 Å². The van der Waals surface area contributed by atoms with Gasteiger partial charge in [0.05, 0.1) is 17.2 Å². The van der Waals surface area contributed by atoms with Crippen molar-refractivity contribution in [1.29, 1.82) is 0 Å². The molecule has 0 saturated carbocycles. The van der Waals surface area contributed by atoms with Crippen LogP contribution in [0.4, 0.5) is 23.1 Å². The average molecular weight is 723 g/mol. The number of imide groups is 2. The molecule has 16 heteroatoms. The predicted molar refractivity (Wildman–Crippen MR) is 193 cm³/mol. The molecule has 2 aromatic carbocycles. The molecule has 5 N–H and O–H groups in total. The number of benzene rings is 2. The fourth-order valence-electron chi connectivity index (χ4n) is 8.29. The molecule has 5 aliphatic rings. The highest BCUT2D eigenvalue weighted by Crippen LogP contribution is 2.34. The number of hydrogen-bond acceptors (Lipinski definition) is 13. The Labute approximate surface area is 305 Å². The maximum atomic E-state index is 13.3. The van der Waals surface area contributed by atoms with Crippen molar-refractivity contribution in [1.82, 2.24) is 30.3 Å². The summed E-state index contributed by atoms with van der Waals surface area (Å²) in [6, 6.07) is 12.5. The molecule has 276 valence electrons. The van der Waals surface area contributed by atoms with Crippen LogP contribution in [0.5, 0.6) is 0 Å². The number of amides is 5. The van der Waals surface area contributed by atoms with E-state index in [1.807, 2.05) is 23.1 Å². The van der Waals surface area contributed by atoms with Crippen molar-refractivity contribution < 1.29 is 29.1 Å². The zero-order chi connectivity index (χ0) is 36.8. The van der Waals surface area contributed by atoms with E-state index in [2.05, 4.69) is 47.7 Å². The number of aliphatic hydroxyl groups excluding tert-OH is 1. The molecule has 4 fully saturated rings. The van der Waals surface area contributed by atoms with Gasteiger partial charge in [-0.05, 0) is 92.9 Å². The number of rotatable bonds is 9. The first kappa shape index (κ1) is 34.6. The molecule has 8 rings (SSSR count). The van der Waals surface area contributed by atoms with Gasteiger partial charge < -0.3 is 30.9 Å². The highest BCUT2D eigenvalue weighted by molar-refractivity contribution is 6.23. The number of β-amino-alcohol motifs (C(OH)–C–C–N with tert-alkyl or cyclic N) is 1. The molecule has 16 nitrogen and oxygen atoms in total. The number of nitrogens with two attached hydrogens (primary N) is 1. The summed E-state index contributed by atoms with van der Waals surface area (Å²) in [6.45, 7) is 5.70. The second kappa shape index (κ2) is 14.2. The Hall–Kier alpha value is -5.48. The van der Waals surface area contributed by atoms with Crippen LogP contribution >= 0.6 is 0 Å². The highest BCUT2D eigenvalue weighted by atomic mass is 16.3. The minimum absolute atomic E-state index is 0.0486. The van der Waals surface area contributed by atoms with Gasteiger partial charge in [0.2, 0.25) is 17.8 Å². The Morgan fingerprint density at radius 3 is 2.34 bits per heavy atom. The third-order valence-corrected chi connectivity index (χ3v) is 11.2. The highest BCUT2D eigenvalue weighted by Gasteiger charge is 2.45. The number of aromatic nitrogens is 3. The van der Waals surface area contributed by atoms with Gasteiger partial charge in [-0.3, -0.25) is 34.2 Å². The first-order valence-electron chi connectivity index (χ1n) is 18.3. The second-order valence-electron chi connectivity index (χ2n) is 14.7. The number of aliphatic hydroxyl groups is 1. The van der Waals surface area contributed by atoms with E-state index in [9.17, 15) is 29.1 Å². The van der Waals surface area contributed by atoms with Crippen LogP contribution in [0, 0.1) is 5.92 Å². The van der Waals surface area contributed by atoms with Gasteiger partial charge in [-0.1, -0.05) is 12.1 Å². The molecule has 0 radical (unpaired) electrons. The number of piperidine rings is 2. The van der Waals surface area contributed by atoms with E-state index >= 15 is 0 Å². The lowest BCUT2D eigenvalue weighted by atomic mass is 9.89. The lowest BCUT2D eigenvalue weighted by Crippen LogP contribution is -2.54. The minimum Gasteiger partial charge on any atom is -0.391 e. The summed E-state index contributed by atoms with van der Waals surface area (Å²) in [5.41, 5.74) is 9.00. The normalized spacial score (nSPS) is 23.9. The smallest absolute Gasteiger partial charge is 0.273 e. The largest absolute Gasteiger partial charge is 0.391 e. The van der Waals surface area contributed by atoms with Crippen LogP contribution in [0.1, 0.15) is 81.2 Å². The standard InChI is InChI=1S/C37H42N10O6/c38-32(50)31-33(41-37(43-42-31)46-16-12-26(48)20-46)39-24-3-1-22(2-4-24)23-10-13-44(14-11-23)18-21-9-15-45(19-21)25-5-6-27-28(17-25)36(53)47(35(27)52)29-7-8-30(49)40-34(29)51/h1-6,17,21,23,26,29,48H,7-16,18-20H2,(H2,38,50)(H,39,41,43)(H,40,49,51). The van der Waals surface area contributed by atoms with Crippen molar-refractivity contribution >= 4 is 52.7 Å². The maximum absolute atomic E-state index is 13.3. The minimum atomic E-state index is -0.975. The van der Waals surface area contributed by atoms with Crippen molar-refractivity contribution in [3.63, 3.8) is 0 Å². The van der Waals surface area contributed by atoms with Crippen LogP contribution in [-0.2, 0) is 9.59 Å². The fraction of sp³-hybridized carbons (Fsp3) is 0.459. The monoisotopic (exact) mass is 722 g/mol. The number of anilines is 4. The molecule has 4 saturated heterocycles. The summed E-state index contributed by atoms with van der Waals surface area (Å²) < 4.78 is 0. The van der Waals surface area contributed by atoms with E-state index in [1.165, 1.54) is 5.56 Å². The predicted octanol–water partition coefficient (Wildman–Crippen LogP) is 1.39. The van der Waals surface area contributed by atoms with Crippen LogP contribution in [-0.4, -0.2) is 118 Å². The van der Waals surface area contributed by atoms with Crippen molar-refractivity contribution in [2.24, 2.45) is 11.7 Å². The number of hydrogen-bond donors (Lipinski definition) is 4. The van der Waals surface area contributed by atoms with E-state index in [-0.39, 0.29) is 24.4 Å². The number of primary amides is 1. The molecule has 53 heavy (non-hydrogen) atoms.